The molecule has 116 valence electrons. The van der Waals surface area contributed by atoms with Crippen LogP contribution in [0.5, 0.6) is 0 Å². The van der Waals surface area contributed by atoms with E-state index in [2.05, 4.69) is 22.1 Å². The van der Waals surface area contributed by atoms with Crippen LogP contribution in [0.4, 0.5) is 0 Å². The van der Waals surface area contributed by atoms with Crippen LogP contribution < -0.4 is 5.32 Å². The Bertz CT molecular complexity index is 703. The van der Waals surface area contributed by atoms with Gasteiger partial charge in [0.2, 0.25) is 0 Å². The van der Waals surface area contributed by atoms with Crippen LogP contribution in [0.15, 0.2) is 18.2 Å². The van der Waals surface area contributed by atoms with Crippen molar-refractivity contribution in [3.05, 3.63) is 28.8 Å². The molecule has 0 radical (unpaired) electrons. The molecule has 1 unspecified atom stereocenters. The number of carbonyl (C=O) groups is 1. The molecule has 2 aromatic rings. The van der Waals surface area contributed by atoms with Crippen LogP contribution in [0.2, 0.25) is 0 Å². The molecule has 5 rings (SSSR count). The zero-order valence-corrected chi connectivity index (χ0v) is 13.7. The molecule has 1 amide bonds. The quantitative estimate of drug-likeness (QED) is 0.947. The van der Waals surface area contributed by atoms with Gasteiger partial charge >= 0.3 is 0 Å². The second-order valence-corrected chi connectivity index (χ2v) is 7.48. The predicted octanol–water partition coefficient (Wildman–Crippen LogP) is 2.68. The molecule has 4 nitrogen and oxygen atoms in total. The third-order valence-electron chi connectivity index (χ3n) is 4.97. The molecule has 22 heavy (non-hydrogen) atoms. The highest BCUT2D eigenvalue weighted by atomic mass is 32.1. The van der Waals surface area contributed by atoms with E-state index in [1.807, 2.05) is 18.2 Å². The van der Waals surface area contributed by atoms with E-state index in [4.69, 9.17) is 0 Å². The van der Waals surface area contributed by atoms with Crippen LogP contribution >= 0.6 is 11.3 Å². The van der Waals surface area contributed by atoms with Gasteiger partial charge in [0.05, 0.1) is 15.2 Å². The molecule has 0 spiro atoms. The normalized spacial score (nSPS) is 27.2. The smallest absolute Gasteiger partial charge is 0.251 e. The van der Waals surface area contributed by atoms with Gasteiger partial charge in [-0.3, -0.25) is 4.79 Å². The summed E-state index contributed by atoms with van der Waals surface area (Å²) in [5.41, 5.74) is 1.76. The predicted molar refractivity (Wildman–Crippen MR) is 89.4 cm³/mol. The molecular weight excluding hydrogens is 294 g/mol. The molecule has 5 heteroatoms. The van der Waals surface area contributed by atoms with Crippen LogP contribution in [0.1, 0.15) is 35.1 Å². The molecule has 1 aromatic carbocycles. The van der Waals surface area contributed by atoms with Crippen molar-refractivity contribution in [2.24, 2.45) is 5.92 Å². The molecule has 1 atom stereocenters. The summed E-state index contributed by atoms with van der Waals surface area (Å²) in [5.74, 6) is 0.722. The van der Waals surface area contributed by atoms with Gasteiger partial charge in [-0.05, 0) is 56.5 Å². The average molecular weight is 315 g/mol. The summed E-state index contributed by atoms with van der Waals surface area (Å²) in [6.45, 7) is 5.52. The van der Waals surface area contributed by atoms with E-state index in [-0.39, 0.29) is 5.91 Å². The van der Waals surface area contributed by atoms with E-state index in [1.165, 1.54) is 25.9 Å². The molecule has 3 aliphatic rings. The lowest BCUT2D eigenvalue weighted by molar-refractivity contribution is 0.0620. The van der Waals surface area contributed by atoms with Crippen molar-refractivity contribution in [3.63, 3.8) is 0 Å². The van der Waals surface area contributed by atoms with Gasteiger partial charge in [0.25, 0.3) is 5.91 Å². The van der Waals surface area contributed by atoms with E-state index in [9.17, 15) is 4.79 Å². The van der Waals surface area contributed by atoms with Crippen molar-refractivity contribution in [3.8, 4) is 0 Å². The Morgan fingerprint density at radius 3 is 2.91 bits per heavy atom. The van der Waals surface area contributed by atoms with Crippen molar-refractivity contribution >= 4 is 27.5 Å². The fraction of sp³-hybridized carbons (Fsp3) is 0.529. The number of piperidine rings is 3. The number of nitrogens with one attached hydrogen (secondary N) is 1. The Balaban J connectivity index is 1.52. The molecule has 3 aliphatic heterocycles. The van der Waals surface area contributed by atoms with Crippen molar-refractivity contribution in [2.75, 3.05) is 19.6 Å². The molecule has 2 bridgehead atoms. The summed E-state index contributed by atoms with van der Waals surface area (Å²) >= 11 is 1.69. The highest BCUT2D eigenvalue weighted by Gasteiger charge is 2.34. The van der Waals surface area contributed by atoms with E-state index in [1.54, 1.807) is 11.3 Å². The largest absolute Gasteiger partial charge is 0.348 e. The Labute approximate surface area is 134 Å². The van der Waals surface area contributed by atoms with E-state index in [0.717, 1.165) is 33.8 Å². The number of fused-ring (bicyclic) bond motifs is 4. The van der Waals surface area contributed by atoms with Crippen LogP contribution in [-0.2, 0) is 6.42 Å². The summed E-state index contributed by atoms with van der Waals surface area (Å²) in [4.78, 5) is 19.6. The Morgan fingerprint density at radius 2 is 2.23 bits per heavy atom. The Hall–Kier alpha value is -1.46. The van der Waals surface area contributed by atoms with Crippen molar-refractivity contribution in [1.82, 2.24) is 15.2 Å². The third-order valence-corrected chi connectivity index (χ3v) is 6.13. The average Bonchev–Trinajstić information content (AvgIpc) is 2.98. The minimum atomic E-state index is 0.0621. The molecule has 0 saturated carbocycles. The SMILES string of the molecule is CCc1nc2ccc(C(=O)NC3CN4CCC3CC4)cc2s1. The standard InChI is InChI=1S/C17H21N3OS/c1-2-16-18-13-4-3-12(9-15(13)22-16)17(21)19-14-10-20-7-5-11(14)6-8-20/h3-4,9,11,14H,2,5-8,10H2,1H3,(H,19,21). The second kappa shape index (κ2) is 5.63. The first-order chi connectivity index (χ1) is 10.7. The number of carbonyl (C=O) groups excluding carboxylic acids is 1. The maximum atomic E-state index is 12.6. The highest BCUT2D eigenvalue weighted by molar-refractivity contribution is 7.18. The molecule has 1 aromatic heterocycles. The number of rotatable bonds is 3. The molecule has 4 heterocycles. The summed E-state index contributed by atoms with van der Waals surface area (Å²) < 4.78 is 1.11. The molecular formula is C17H21N3OS. The van der Waals surface area contributed by atoms with Crippen LogP contribution in [0.25, 0.3) is 10.2 Å². The fourth-order valence-corrected chi connectivity index (χ4v) is 4.59. The van der Waals surface area contributed by atoms with Gasteiger partial charge in [-0.15, -0.1) is 11.3 Å². The zero-order chi connectivity index (χ0) is 15.1. The maximum absolute atomic E-state index is 12.6. The summed E-state index contributed by atoms with van der Waals surface area (Å²) in [5, 5.41) is 4.39. The van der Waals surface area contributed by atoms with Gasteiger partial charge in [-0.2, -0.15) is 0 Å². The monoisotopic (exact) mass is 315 g/mol. The van der Waals surface area contributed by atoms with Crippen LogP contribution in [-0.4, -0.2) is 41.5 Å². The number of aromatic nitrogens is 1. The van der Waals surface area contributed by atoms with Gasteiger partial charge in [0, 0.05) is 18.2 Å². The lowest BCUT2D eigenvalue weighted by atomic mass is 9.84. The summed E-state index contributed by atoms with van der Waals surface area (Å²) in [6, 6.07) is 6.18. The zero-order valence-electron chi connectivity index (χ0n) is 12.8. The number of hydrogen-bond acceptors (Lipinski definition) is 4. The number of benzene rings is 1. The lowest BCUT2D eigenvalue weighted by Crippen LogP contribution is -2.57. The Kier molecular flexibility index (Phi) is 3.62. The summed E-state index contributed by atoms with van der Waals surface area (Å²) in [6.07, 6.45) is 3.39. The first-order valence-corrected chi connectivity index (χ1v) is 8.97. The van der Waals surface area contributed by atoms with Gasteiger partial charge in [-0.1, -0.05) is 6.92 Å². The number of thiazole rings is 1. The van der Waals surface area contributed by atoms with Crippen LogP contribution in [0.3, 0.4) is 0 Å². The van der Waals surface area contributed by atoms with Crippen molar-refractivity contribution < 1.29 is 4.79 Å². The molecule has 3 saturated heterocycles. The molecule has 0 aliphatic carbocycles. The van der Waals surface area contributed by atoms with Crippen LogP contribution in [0, 0.1) is 5.92 Å². The number of hydrogen-bond donors (Lipinski definition) is 1. The molecule has 1 N–H and O–H groups in total. The van der Waals surface area contributed by atoms with E-state index < -0.39 is 0 Å². The molecule has 3 fully saturated rings. The first kappa shape index (κ1) is 14.2. The highest BCUT2D eigenvalue weighted by Crippen LogP contribution is 2.28. The second-order valence-electron chi connectivity index (χ2n) is 6.36. The lowest BCUT2D eigenvalue weighted by Gasteiger charge is -2.44. The number of nitrogens with zero attached hydrogens (tertiary/aromatic N) is 2. The van der Waals surface area contributed by atoms with E-state index >= 15 is 0 Å². The van der Waals surface area contributed by atoms with E-state index in [0.29, 0.717) is 12.0 Å². The Morgan fingerprint density at radius 1 is 1.41 bits per heavy atom. The topological polar surface area (TPSA) is 45.2 Å². The van der Waals surface area contributed by atoms with Gasteiger partial charge < -0.3 is 10.2 Å². The number of aryl methyl sites for hydroxylation is 1. The summed E-state index contributed by atoms with van der Waals surface area (Å²) in [7, 11) is 0. The van der Waals surface area contributed by atoms with Gasteiger partial charge in [-0.25, -0.2) is 4.98 Å². The van der Waals surface area contributed by atoms with Crippen molar-refractivity contribution in [1.29, 1.82) is 0 Å². The fourth-order valence-electron chi connectivity index (χ4n) is 3.65. The van der Waals surface area contributed by atoms with Crippen molar-refractivity contribution in [2.45, 2.75) is 32.2 Å². The minimum Gasteiger partial charge on any atom is -0.348 e. The van der Waals surface area contributed by atoms with Gasteiger partial charge in [0.15, 0.2) is 0 Å². The first-order valence-electron chi connectivity index (χ1n) is 8.15. The minimum absolute atomic E-state index is 0.0621. The maximum Gasteiger partial charge on any atom is 0.251 e. The third kappa shape index (κ3) is 2.52. The number of amides is 1. The van der Waals surface area contributed by atoms with Gasteiger partial charge in [0.1, 0.15) is 0 Å².